The van der Waals surface area contributed by atoms with E-state index < -0.39 is 16.5 Å². The third-order valence-corrected chi connectivity index (χ3v) is 2.70. The van der Waals surface area contributed by atoms with Gasteiger partial charge in [-0.2, -0.15) is 0 Å². The fourth-order valence-electron chi connectivity index (χ4n) is 1.72. The summed E-state index contributed by atoms with van der Waals surface area (Å²) in [4.78, 5) is 10.3. The molecule has 4 nitrogen and oxygen atoms in total. The zero-order chi connectivity index (χ0) is 13.3. The average molecular weight is 247 g/mol. The van der Waals surface area contributed by atoms with Crippen LogP contribution in [0.1, 0.15) is 5.56 Å². The molecule has 0 aliphatic rings. The Labute approximate surface area is 102 Å². The number of hydrogen-bond acceptors (Lipinski definition) is 3. The highest BCUT2D eigenvalue weighted by Crippen LogP contribution is 2.33. The molecule has 18 heavy (non-hydrogen) atoms. The predicted molar refractivity (Wildman–Crippen MR) is 64.9 cm³/mol. The minimum Gasteiger partial charge on any atom is -0.504 e. The van der Waals surface area contributed by atoms with Gasteiger partial charge in [0.05, 0.1) is 4.92 Å². The standard InChI is InChI=1S/C13H10FNO3/c1-8-5-6-9(7-12(8)15(17)18)10-3-2-4-11(14)13(10)16/h2-7,16H,1H3. The van der Waals surface area contributed by atoms with E-state index in [4.69, 9.17) is 0 Å². The Balaban J connectivity index is 2.62. The molecule has 1 N–H and O–H groups in total. The Kier molecular flexibility index (Phi) is 2.97. The zero-order valence-corrected chi connectivity index (χ0v) is 9.55. The topological polar surface area (TPSA) is 63.4 Å². The molecule has 0 aliphatic carbocycles. The number of benzene rings is 2. The molecule has 0 fully saturated rings. The molecule has 0 aromatic heterocycles. The van der Waals surface area contributed by atoms with E-state index in [2.05, 4.69) is 0 Å². The SMILES string of the molecule is Cc1ccc(-c2cccc(F)c2O)cc1[N+](=O)[O-]. The van der Waals surface area contributed by atoms with Gasteiger partial charge in [-0.3, -0.25) is 10.1 Å². The van der Waals surface area contributed by atoms with Crippen LogP contribution >= 0.6 is 0 Å². The number of halogens is 1. The maximum absolute atomic E-state index is 13.2. The first-order valence-corrected chi connectivity index (χ1v) is 5.23. The van der Waals surface area contributed by atoms with E-state index in [9.17, 15) is 19.6 Å². The summed E-state index contributed by atoms with van der Waals surface area (Å²) in [6.45, 7) is 1.62. The maximum atomic E-state index is 13.2. The number of phenols is 1. The number of aromatic hydroxyl groups is 1. The second-order valence-corrected chi connectivity index (χ2v) is 3.89. The summed E-state index contributed by atoms with van der Waals surface area (Å²) in [5, 5.41) is 20.4. The summed E-state index contributed by atoms with van der Waals surface area (Å²) < 4.78 is 13.2. The van der Waals surface area contributed by atoms with E-state index in [1.807, 2.05) is 0 Å². The van der Waals surface area contributed by atoms with Crippen LogP contribution in [-0.4, -0.2) is 10.0 Å². The van der Waals surface area contributed by atoms with Crippen molar-refractivity contribution in [3.8, 4) is 16.9 Å². The molecular formula is C13H10FNO3. The molecule has 0 radical (unpaired) electrons. The van der Waals surface area contributed by atoms with Crippen LogP contribution in [0.15, 0.2) is 36.4 Å². The normalized spacial score (nSPS) is 10.3. The summed E-state index contributed by atoms with van der Waals surface area (Å²) >= 11 is 0. The lowest BCUT2D eigenvalue weighted by Gasteiger charge is -2.06. The van der Waals surface area contributed by atoms with Crippen LogP contribution in [0.3, 0.4) is 0 Å². The van der Waals surface area contributed by atoms with Crippen molar-refractivity contribution in [2.24, 2.45) is 0 Å². The lowest BCUT2D eigenvalue weighted by Crippen LogP contribution is -1.92. The molecule has 0 heterocycles. The van der Waals surface area contributed by atoms with E-state index in [0.717, 1.165) is 6.07 Å². The van der Waals surface area contributed by atoms with E-state index in [1.165, 1.54) is 18.2 Å². The van der Waals surface area contributed by atoms with Gasteiger partial charge in [-0.15, -0.1) is 0 Å². The molecule has 5 heteroatoms. The summed E-state index contributed by atoms with van der Waals surface area (Å²) in [6.07, 6.45) is 0. The van der Waals surface area contributed by atoms with Crippen molar-refractivity contribution in [3.05, 3.63) is 57.9 Å². The molecular weight excluding hydrogens is 237 g/mol. The van der Waals surface area contributed by atoms with Crippen molar-refractivity contribution in [3.63, 3.8) is 0 Å². The number of nitro benzene ring substituents is 1. The fourth-order valence-corrected chi connectivity index (χ4v) is 1.72. The van der Waals surface area contributed by atoms with Crippen molar-refractivity contribution < 1.29 is 14.4 Å². The van der Waals surface area contributed by atoms with E-state index >= 15 is 0 Å². The molecule has 2 aromatic carbocycles. The van der Waals surface area contributed by atoms with Gasteiger partial charge in [0.1, 0.15) is 0 Å². The first-order valence-electron chi connectivity index (χ1n) is 5.23. The van der Waals surface area contributed by atoms with Crippen molar-refractivity contribution in [2.45, 2.75) is 6.92 Å². The minimum absolute atomic E-state index is 0.0591. The fraction of sp³-hybridized carbons (Fsp3) is 0.0769. The van der Waals surface area contributed by atoms with Crippen LogP contribution in [0.25, 0.3) is 11.1 Å². The predicted octanol–water partition coefficient (Wildman–Crippen LogP) is 3.41. The van der Waals surface area contributed by atoms with E-state index in [1.54, 1.807) is 19.1 Å². The lowest BCUT2D eigenvalue weighted by atomic mass is 10.0. The highest BCUT2D eigenvalue weighted by molar-refractivity contribution is 5.72. The molecule has 0 atom stereocenters. The van der Waals surface area contributed by atoms with Gasteiger partial charge >= 0.3 is 0 Å². The summed E-state index contributed by atoms with van der Waals surface area (Å²) in [5.74, 6) is -1.26. The Morgan fingerprint density at radius 1 is 1.28 bits per heavy atom. The van der Waals surface area contributed by atoms with Gasteiger partial charge in [-0.1, -0.05) is 24.3 Å². The number of aryl methyl sites for hydroxylation is 1. The molecule has 0 spiro atoms. The number of nitrogens with zero attached hydrogens (tertiary/aromatic N) is 1. The number of hydrogen-bond donors (Lipinski definition) is 1. The molecule has 0 saturated heterocycles. The Hall–Kier alpha value is -2.43. The van der Waals surface area contributed by atoms with Gasteiger partial charge in [-0.25, -0.2) is 4.39 Å². The highest BCUT2D eigenvalue weighted by atomic mass is 19.1. The van der Waals surface area contributed by atoms with Gasteiger partial charge in [0, 0.05) is 17.2 Å². The van der Waals surface area contributed by atoms with Crippen molar-refractivity contribution >= 4 is 5.69 Å². The Morgan fingerprint density at radius 3 is 2.67 bits per heavy atom. The second-order valence-electron chi connectivity index (χ2n) is 3.89. The molecule has 0 saturated carbocycles. The van der Waals surface area contributed by atoms with Crippen LogP contribution in [0.4, 0.5) is 10.1 Å². The monoisotopic (exact) mass is 247 g/mol. The molecule has 0 bridgehead atoms. The van der Waals surface area contributed by atoms with Gasteiger partial charge in [-0.05, 0) is 18.6 Å². The van der Waals surface area contributed by atoms with Crippen LogP contribution in [0.5, 0.6) is 5.75 Å². The summed E-state index contributed by atoms with van der Waals surface area (Å²) in [6, 6.07) is 8.57. The van der Waals surface area contributed by atoms with Crippen LogP contribution in [0, 0.1) is 22.9 Å². The van der Waals surface area contributed by atoms with Crippen LogP contribution in [0.2, 0.25) is 0 Å². The number of nitro groups is 1. The average Bonchev–Trinajstić information content (AvgIpc) is 2.33. The van der Waals surface area contributed by atoms with Gasteiger partial charge in [0.2, 0.25) is 0 Å². The summed E-state index contributed by atoms with van der Waals surface area (Å²) in [7, 11) is 0. The number of phenolic OH excluding ortho intramolecular Hbond substituents is 1. The van der Waals surface area contributed by atoms with E-state index in [-0.39, 0.29) is 11.3 Å². The van der Waals surface area contributed by atoms with Crippen LogP contribution in [-0.2, 0) is 0 Å². The molecule has 0 unspecified atom stereocenters. The lowest BCUT2D eigenvalue weighted by molar-refractivity contribution is -0.385. The second kappa shape index (κ2) is 4.44. The van der Waals surface area contributed by atoms with Crippen molar-refractivity contribution in [2.75, 3.05) is 0 Å². The van der Waals surface area contributed by atoms with Gasteiger partial charge < -0.3 is 5.11 Å². The van der Waals surface area contributed by atoms with Crippen molar-refractivity contribution in [1.29, 1.82) is 0 Å². The third-order valence-electron chi connectivity index (χ3n) is 2.70. The van der Waals surface area contributed by atoms with Crippen molar-refractivity contribution in [1.82, 2.24) is 0 Å². The molecule has 92 valence electrons. The van der Waals surface area contributed by atoms with Crippen LogP contribution < -0.4 is 0 Å². The molecule has 0 amide bonds. The summed E-state index contributed by atoms with van der Waals surface area (Å²) in [5.41, 5.74) is 1.10. The maximum Gasteiger partial charge on any atom is 0.272 e. The largest absolute Gasteiger partial charge is 0.504 e. The quantitative estimate of drug-likeness (QED) is 0.653. The van der Waals surface area contributed by atoms with Gasteiger partial charge in [0.25, 0.3) is 5.69 Å². The first-order chi connectivity index (χ1) is 8.50. The molecule has 2 aromatic rings. The Bertz CT molecular complexity index is 626. The smallest absolute Gasteiger partial charge is 0.272 e. The highest BCUT2D eigenvalue weighted by Gasteiger charge is 2.14. The third kappa shape index (κ3) is 2.02. The molecule has 0 aliphatic heterocycles. The first kappa shape index (κ1) is 12.0. The minimum atomic E-state index is -0.754. The number of para-hydroxylation sites is 1. The van der Waals surface area contributed by atoms with E-state index in [0.29, 0.717) is 11.1 Å². The van der Waals surface area contributed by atoms with Gasteiger partial charge in [0.15, 0.2) is 11.6 Å². The zero-order valence-electron chi connectivity index (χ0n) is 9.55. The number of rotatable bonds is 2. The molecule has 2 rings (SSSR count). The Morgan fingerprint density at radius 2 is 2.00 bits per heavy atom.